The number of nitrogens with one attached hydrogen (secondary N) is 1. The largest absolute Gasteiger partial charge is 0.506 e. The number of rotatable bonds is 6. The van der Waals surface area contributed by atoms with Gasteiger partial charge in [0.15, 0.2) is 0 Å². The normalized spacial score (nSPS) is 19.5. The Morgan fingerprint density at radius 3 is 2.50 bits per heavy atom. The number of carbonyl (C=O) groups is 1. The van der Waals surface area contributed by atoms with Gasteiger partial charge in [-0.15, -0.1) is 0 Å². The second-order valence-corrected chi connectivity index (χ2v) is 9.32. The maximum absolute atomic E-state index is 12.6. The van der Waals surface area contributed by atoms with E-state index in [1.54, 1.807) is 0 Å². The van der Waals surface area contributed by atoms with Crippen LogP contribution in [0.5, 0.6) is 5.75 Å². The smallest absolute Gasteiger partial charge is 0.243 e. The first-order valence-electron chi connectivity index (χ1n) is 9.60. The molecular weight excluding hydrogens is 352 g/mol. The van der Waals surface area contributed by atoms with Crippen LogP contribution in [-0.4, -0.2) is 36.8 Å². The zero-order valence-electron chi connectivity index (χ0n) is 15.1. The predicted molar refractivity (Wildman–Crippen MR) is 101 cm³/mol. The minimum atomic E-state index is -3.57. The summed E-state index contributed by atoms with van der Waals surface area (Å²) in [6.07, 6.45) is 9.10. The predicted octanol–water partition coefficient (Wildman–Crippen LogP) is 3.48. The number of aromatic hydroxyl groups is 1. The van der Waals surface area contributed by atoms with Gasteiger partial charge in [0.25, 0.3) is 0 Å². The number of anilines is 1. The van der Waals surface area contributed by atoms with Crippen LogP contribution in [0.15, 0.2) is 23.1 Å². The van der Waals surface area contributed by atoms with E-state index in [4.69, 9.17) is 0 Å². The van der Waals surface area contributed by atoms with E-state index in [2.05, 4.69) is 5.32 Å². The van der Waals surface area contributed by atoms with Gasteiger partial charge in [0, 0.05) is 19.5 Å². The lowest BCUT2D eigenvalue weighted by Crippen LogP contribution is -2.28. The third-order valence-corrected chi connectivity index (χ3v) is 7.34. The van der Waals surface area contributed by atoms with Crippen LogP contribution in [0, 0.1) is 5.92 Å². The molecule has 26 heavy (non-hydrogen) atoms. The van der Waals surface area contributed by atoms with Crippen molar-refractivity contribution in [3.63, 3.8) is 0 Å². The highest BCUT2D eigenvalue weighted by Crippen LogP contribution is 2.30. The van der Waals surface area contributed by atoms with Gasteiger partial charge in [-0.3, -0.25) is 4.79 Å². The second kappa shape index (κ2) is 8.39. The molecule has 1 amide bonds. The molecule has 3 rings (SSSR count). The van der Waals surface area contributed by atoms with E-state index in [0.717, 1.165) is 19.3 Å². The van der Waals surface area contributed by atoms with Crippen LogP contribution in [0.25, 0.3) is 0 Å². The first-order valence-corrected chi connectivity index (χ1v) is 11.0. The zero-order chi connectivity index (χ0) is 18.6. The summed E-state index contributed by atoms with van der Waals surface area (Å²) in [4.78, 5) is 12.4. The fourth-order valence-corrected chi connectivity index (χ4v) is 5.42. The summed E-state index contributed by atoms with van der Waals surface area (Å²) in [7, 11) is -3.57. The molecular formula is C19H28N2O4S. The van der Waals surface area contributed by atoms with Crippen LogP contribution >= 0.6 is 0 Å². The van der Waals surface area contributed by atoms with Crippen molar-refractivity contribution in [2.75, 3.05) is 18.4 Å². The number of phenolic OH excluding ortho intramolecular Hbond substituents is 1. The van der Waals surface area contributed by atoms with Crippen LogP contribution in [0.2, 0.25) is 0 Å². The summed E-state index contributed by atoms with van der Waals surface area (Å²) in [5, 5.41) is 12.7. The maximum Gasteiger partial charge on any atom is 0.243 e. The van der Waals surface area contributed by atoms with Gasteiger partial charge in [-0.2, -0.15) is 4.31 Å². The monoisotopic (exact) mass is 380 g/mol. The van der Waals surface area contributed by atoms with E-state index in [9.17, 15) is 18.3 Å². The third-order valence-electron chi connectivity index (χ3n) is 5.45. The maximum atomic E-state index is 12.6. The molecule has 6 nitrogen and oxygen atoms in total. The lowest BCUT2D eigenvalue weighted by molar-refractivity contribution is -0.116. The molecule has 2 N–H and O–H groups in total. The van der Waals surface area contributed by atoms with E-state index < -0.39 is 10.0 Å². The number of amides is 1. The quantitative estimate of drug-likeness (QED) is 0.740. The molecule has 7 heteroatoms. The number of carbonyl (C=O) groups excluding carboxylic acids is 1. The molecule has 1 saturated heterocycles. The van der Waals surface area contributed by atoms with E-state index in [1.807, 2.05) is 0 Å². The molecule has 1 aliphatic heterocycles. The molecule has 0 radical (unpaired) electrons. The minimum absolute atomic E-state index is 0.111. The molecule has 144 valence electrons. The highest BCUT2D eigenvalue weighted by molar-refractivity contribution is 7.89. The van der Waals surface area contributed by atoms with Crippen molar-refractivity contribution in [2.24, 2.45) is 5.92 Å². The Kier molecular flexibility index (Phi) is 6.19. The molecule has 1 aromatic rings. The van der Waals surface area contributed by atoms with Crippen molar-refractivity contribution in [1.82, 2.24) is 4.31 Å². The Morgan fingerprint density at radius 1 is 1.12 bits per heavy atom. The summed E-state index contributed by atoms with van der Waals surface area (Å²) < 4.78 is 26.7. The average molecular weight is 381 g/mol. The van der Waals surface area contributed by atoms with Gasteiger partial charge in [-0.05, 0) is 43.4 Å². The van der Waals surface area contributed by atoms with Gasteiger partial charge in [-0.25, -0.2) is 8.42 Å². The number of benzene rings is 1. The SMILES string of the molecule is O=C(CCC1CCCCC1)Nc1cc(S(=O)(=O)N2CCCC2)ccc1O. The first-order chi connectivity index (χ1) is 12.5. The zero-order valence-corrected chi connectivity index (χ0v) is 15.9. The van der Waals surface area contributed by atoms with Crippen LogP contribution < -0.4 is 5.32 Å². The molecule has 1 aliphatic carbocycles. The molecule has 1 saturated carbocycles. The van der Waals surface area contributed by atoms with Crippen molar-refractivity contribution in [2.45, 2.75) is 62.7 Å². The molecule has 2 fully saturated rings. The summed E-state index contributed by atoms with van der Waals surface area (Å²) in [5.41, 5.74) is 0.166. The van der Waals surface area contributed by atoms with E-state index in [0.29, 0.717) is 25.4 Å². The highest BCUT2D eigenvalue weighted by Gasteiger charge is 2.28. The lowest BCUT2D eigenvalue weighted by atomic mass is 9.86. The Balaban J connectivity index is 1.64. The van der Waals surface area contributed by atoms with Crippen molar-refractivity contribution in [1.29, 1.82) is 0 Å². The van der Waals surface area contributed by atoms with Gasteiger partial charge in [-0.1, -0.05) is 32.1 Å². The standard InChI is InChI=1S/C19H28N2O4S/c22-18-10-9-16(26(24,25)21-12-4-5-13-21)14-17(18)20-19(23)11-8-15-6-2-1-3-7-15/h9-10,14-15,22H,1-8,11-13H2,(H,20,23). The van der Waals surface area contributed by atoms with Crippen molar-refractivity contribution < 1.29 is 18.3 Å². The van der Waals surface area contributed by atoms with Crippen molar-refractivity contribution in [3.05, 3.63) is 18.2 Å². The van der Waals surface area contributed by atoms with Gasteiger partial charge >= 0.3 is 0 Å². The lowest BCUT2D eigenvalue weighted by Gasteiger charge is -2.21. The Bertz CT molecular complexity index is 736. The number of hydrogen-bond acceptors (Lipinski definition) is 4. The molecule has 2 aliphatic rings. The van der Waals surface area contributed by atoms with Gasteiger partial charge in [0.2, 0.25) is 15.9 Å². The van der Waals surface area contributed by atoms with Crippen LogP contribution in [0.1, 0.15) is 57.8 Å². The molecule has 0 atom stereocenters. The number of nitrogens with zero attached hydrogens (tertiary/aromatic N) is 1. The van der Waals surface area contributed by atoms with Crippen molar-refractivity contribution >= 4 is 21.6 Å². The Hall–Kier alpha value is -1.60. The topological polar surface area (TPSA) is 86.7 Å². The minimum Gasteiger partial charge on any atom is -0.506 e. The summed E-state index contributed by atoms with van der Waals surface area (Å²) >= 11 is 0. The molecule has 1 aromatic carbocycles. The van der Waals surface area contributed by atoms with Crippen molar-refractivity contribution in [3.8, 4) is 5.75 Å². The number of sulfonamides is 1. The molecule has 0 unspecified atom stereocenters. The third kappa shape index (κ3) is 4.57. The van der Waals surface area contributed by atoms with E-state index in [1.165, 1.54) is 54.6 Å². The molecule has 0 aromatic heterocycles. The summed E-state index contributed by atoms with van der Waals surface area (Å²) in [6.45, 7) is 1.04. The van der Waals surface area contributed by atoms with E-state index in [-0.39, 0.29) is 22.2 Å². The number of phenols is 1. The molecule has 0 spiro atoms. The fraction of sp³-hybridized carbons (Fsp3) is 0.632. The summed E-state index contributed by atoms with van der Waals surface area (Å²) in [5.74, 6) is 0.308. The summed E-state index contributed by atoms with van der Waals surface area (Å²) in [6, 6.07) is 4.09. The van der Waals surface area contributed by atoms with Crippen LogP contribution in [0.3, 0.4) is 0 Å². The van der Waals surface area contributed by atoms with Gasteiger partial charge in [0.1, 0.15) is 5.75 Å². The van der Waals surface area contributed by atoms with Gasteiger partial charge < -0.3 is 10.4 Å². The Morgan fingerprint density at radius 2 is 1.81 bits per heavy atom. The Labute approximate surface area is 155 Å². The highest BCUT2D eigenvalue weighted by atomic mass is 32.2. The molecule has 1 heterocycles. The van der Waals surface area contributed by atoms with Crippen LogP contribution in [0.4, 0.5) is 5.69 Å². The average Bonchev–Trinajstić information content (AvgIpc) is 3.18. The number of hydrogen-bond donors (Lipinski definition) is 2. The van der Waals surface area contributed by atoms with E-state index >= 15 is 0 Å². The fourth-order valence-electron chi connectivity index (χ4n) is 3.88. The van der Waals surface area contributed by atoms with Crippen LogP contribution in [-0.2, 0) is 14.8 Å². The molecule has 0 bridgehead atoms. The second-order valence-electron chi connectivity index (χ2n) is 7.38. The van der Waals surface area contributed by atoms with Gasteiger partial charge in [0.05, 0.1) is 10.6 Å². The first kappa shape index (κ1) is 19.2.